The molecule has 0 radical (unpaired) electrons. The molecule has 2 heterocycles. The number of nitrogen functional groups attached to an aromatic ring is 1. The first-order valence-corrected chi connectivity index (χ1v) is 7.80. The van der Waals surface area contributed by atoms with Gasteiger partial charge in [0.2, 0.25) is 0 Å². The number of benzene rings is 1. The molecular weight excluding hydrogens is 298 g/mol. The highest BCUT2D eigenvalue weighted by Crippen LogP contribution is 2.33. The van der Waals surface area contributed by atoms with Crippen molar-refractivity contribution >= 4 is 27.9 Å². The van der Waals surface area contributed by atoms with Gasteiger partial charge in [0.25, 0.3) is 0 Å². The fourth-order valence-electron chi connectivity index (χ4n) is 2.26. The van der Waals surface area contributed by atoms with Gasteiger partial charge in [-0.3, -0.25) is 4.98 Å². The Hall–Kier alpha value is -2.18. The van der Waals surface area contributed by atoms with Gasteiger partial charge in [-0.25, -0.2) is 4.98 Å². The fraction of sp³-hybridized carbons (Fsp3) is 0.250. The summed E-state index contributed by atoms with van der Waals surface area (Å²) in [5, 5.41) is 0.899. The number of nitrogens with two attached hydrogens (primary N) is 1. The van der Waals surface area contributed by atoms with Gasteiger partial charge < -0.3 is 15.2 Å². The van der Waals surface area contributed by atoms with E-state index in [1.807, 2.05) is 31.2 Å². The van der Waals surface area contributed by atoms with Gasteiger partial charge in [0.1, 0.15) is 11.9 Å². The van der Waals surface area contributed by atoms with Crippen LogP contribution in [0.4, 0.5) is 5.69 Å². The number of ether oxygens (including phenoxy) is 2. The Morgan fingerprint density at radius 1 is 1.32 bits per heavy atom. The summed E-state index contributed by atoms with van der Waals surface area (Å²) in [7, 11) is 1.66. The topological polar surface area (TPSA) is 70.3 Å². The summed E-state index contributed by atoms with van der Waals surface area (Å²) in [6.45, 7) is 2.48. The Morgan fingerprint density at radius 3 is 2.91 bits per heavy atom. The van der Waals surface area contributed by atoms with Gasteiger partial charge >= 0.3 is 0 Å². The minimum absolute atomic E-state index is 0.0636. The molecule has 0 bridgehead atoms. The van der Waals surface area contributed by atoms with Crippen molar-refractivity contribution in [1.82, 2.24) is 9.97 Å². The van der Waals surface area contributed by atoms with Crippen LogP contribution in [-0.4, -0.2) is 29.8 Å². The Bertz CT molecular complexity index is 774. The van der Waals surface area contributed by atoms with Crippen LogP contribution in [0.25, 0.3) is 21.5 Å². The number of hydrogen-bond donors (Lipinski definition) is 1. The molecule has 3 rings (SSSR count). The molecule has 0 aliphatic heterocycles. The molecule has 0 unspecified atom stereocenters. The van der Waals surface area contributed by atoms with E-state index in [4.69, 9.17) is 15.2 Å². The molecule has 6 heteroatoms. The number of nitrogens with zero attached hydrogens (tertiary/aromatic N) is 2. The van der Waals surface area contributed by atoms with Gasteiger partial charge in [-0.15, -0.1) is 11.3 Å². The second-order valence-corrected chi connectivity index (χ2v) is 5.92. The molecule has 0 fully saturated rings. The quantitative estimate of drug-likeness (QED) is 0.731. The Balaban J connectivity index is 2.11. The minimum atomic E-state index is -0.0636. The van der Waals surface area contributed by atoms with Gasteiger partial charge in [-0.1, -0.05) is 0 Å². The van der Waals surface area contributed by atoms with E-state index in [1.165, 1.54) is 0 Å². The van der Waals surface area contributed by atoms with Crippen molar-refractivity contribution in [2.75, 3.05) is 19.5 Å². The average Bonchev–Trinajstić information content (AvgIpc) is 3.02. The molecule has 5 nitrogen and oxygen atoms in total. The average molecular weight is 315 g/mol. The lowest BCUT2D eigenvalue weighted by atomic mass is 10.1. The molecule has 3 aromatic rings. The van der Waals surface area contributed by atoms with Crippen molar-refractivity contribution < 1.29 is 9.47 Å². The molecule has 0 aliphatic carbocycles. The van der Waals surface area contributed by atoms with Crippen molar-refractivity contribution in [2.24, 2.45) is 0 Å². The summed E-state index contributed by atoms with van der Waals surface area (Å²) < 4.78 is 11.2. The van der Waals surface area contributed by atoms with Crippen molar-refractivity contribution in [3.8, 4) is 16.3 Å². The van der Waals surface area contributed by atoms with E-state index in [-0.39, 0.29) is 6.10 Å². The molecule has 0 aliphatic rings. The summed E-state index contributed by atoms with van der Waals surface area (Å²) in [5.41, 5.74) is 10.1. The van der Waals surface area contributed by atoms with Crippen LogP contribution in [0.1, 0.15) is 6.92 Å². The Morgan fingerprint density at radius 2 is 2.18 bits per heavy atom. The summed E-state index contributed by atoms with van der Waals surface area (Å²) in [4.78, 5) is 9.79. The maximum Gasteiger partial charge on any atom is 0.131 e. The van der Waals surface area contributed by atoms with Crippen LogP contribution in [0.3, 0.4) is 0 Å². The molecule has 1 aromatic carbocycles. The van der Waals surface area contributed by atoms with E-state index in [0.29, 0.717) is 12.3 Å². The van der Waals surface area contributed by atoms with E-state index in [9.17, 15) is 0 Å². The number of methoxy groups -OCH3 is 1. The van der Waals surface area contributed by atoms with Crippen LogP contribution in [0.15, 0.2) is 36.0 Å². The predicted molar refractivity (Wildman–Crippen MR) is 89.2 cm³/mol. The minimum Gasteiger partial charge on any atom is -0.488 e. The third-order valence-corrected chi connectivity index (χ3v) is 4.00. The lowest BCUT2D eigenvalue weighted by molar-refractivity contribution is 0.0931. The number of hydrogen-bond acceptors (Lipinski definition) is 6. The summed E-state index contributed by atoms with van der Waals surface area (Å²) >= 11 is 1.55. The maximum absolute atomic E-state index is 6.03. The van der Waals surface area contributed by atoms with E-state index >= 15 is 0 Å². The second-order valence-electron chi connectivity index (χ2n) is 5.03. The normalized spacial score (nSPS) is 12.5. The van der Waals surface area contributed by atoms with Gasteiger partial charge in [0.15, 0.2) is 0 Å². The van der Waals surface area contributed by atoms with E-state index in [2.05, 4.69) is 9.97 Å². The number of rotatable bonds is 5. The largest absolute Gasteiger partial charge is 0.488 e. The first-order valence-electron chi connectivity index (χ1n) is 6.92. The number of pyridine rings is 1. The highest BCUT2D eigenvalue weighted by Gasteiger charge is 2.12. The van der Waals surface area contributed by atoms with Crippen LogP contribution in [0.5, 0.6) is 5.75 Å². The Kier molecular flexibility index (Phi) is 4.22. The zero-order chi connectivity index (χ0) is 15.5. The van der Waals surface area contributed by atoms with Gasteiger partial charge in [0.05, 0.1) is 28.2 Å². The van der Waals surface area contributed by atoms with Gasteiger partial charge in [-0.05, 0) is 25.1 Å². The molecule has 1 atom stereocenters. The van der Waals surface area contributed by atoms with Gasteiger partial charge in [0, 0.05) is 30.4 Å². The number of fused-ring (bicyclic) bond motifs is 1. The zero-order valence-corrected chi connectivity index (χ0v) is 13.3. The second kappa shape index (κ2) is 6.29. The van der Waals surface area contributed by atoms with Crippen LogP contribution in [-0.2, 0) is 4.74 Å². The number of anilines is 1. The lowest BCUT2D eigenvalue weighted by Gasteiger charge is -2.16. The van der Waals surface area contributed by atoms with Crippen molar-refractivity contribution in [3.63, 3.8) is 0 Å². The highest BCUT2D eigenvalue weighted by atomic mass is 32.1. The summed E-state index contributed by atoms with van der Waals surface area (Å²) in [6.07, 6.45) is 1.74. The third-order valence-electron chi connectivity index (χ3n) is 3.21. The predicted octanol–water partition coefficient (Wildman–Crippen LogP) is 3.35. The summed E-state index contributed by atoms with van der Waals surface area (Å²) in [5.74, 6) is 0.755. The standard InChI is InChI=1S/C16H17N3O2S/c1-10(8-20-2)21-15-6-14(16-7-18-9-22-16)19-13-4-3-11(17)5-12(13)15/h3-7,9-10H,8,17H2,1-2H3/t10-/m0/s1. The van der Waals surface area contributed by atoms with Crippen molar-refractivity contribution in [1.29, 1.82) is 0 Å². The van der Waals surface area contributed by atoms with Crippen molar-refractivity contribution in [3.05, 3.63) is 36.0 Å². The van der Waals surface area contributed by atoms with E-state index in [1.54, 1.807) is 30.2 Å². The molecule has 114 valence electrons. The van der Waals surface area contributed by atoms with Gasteiger partial charge in [-0.2, -0.15) is 0 Å². The Labute approximate surface area is 132 Å². The lowest BCUT2D eigenvalue weighted by Crippen LogP contribution is -2.18. The van der Waals surface area contributed by atoms with Crippen molar-refractivity contribution in [2.45, 2.75) is 13.0 Å². The first-order chi connectivity index (χ1) is 10.7. The highest BCUT2D eigenvalue weighted by molar-refractivity contribution is 7.13. The molecule has 0 amide bonds. The van der Waals surface area contributed by atoms with Crippen LogP contribution < -0.4 is 10.5 Å². The van der Waals surface area contributed by atoms with E-state index < -0.39 is 0 Å². The fourth-order valence-corrected chi connectivity index (χ4v) is 2.85. The molecular formula is C16H17N3O2S. The third kappa shape index (κ3) is 3.03. The molecule has 0 saturated heterocycles. The van der Waals surface area contributed by atoms with E-state index in [0.717, 1.165) is 27.2 Å². The number of thiazole rings is 1. The molecule has 0 spiro atoms. The molecule has 2 N–H and O–H groups in total. The molecule has 2 aromatic heterocycles. The maximum atomic E-state index is 6.03. The monoisotopic (exact) mass is 315 g/mol. The molecule has 0 saturated carbocycles. The zero-order valence-electron chi connectivity index (χ0n) is 12.4. The summed E-state index contributed by atoms with van der Waals surface area (Å²) in [6, 6.07) is 7.56. The SMILES string of the molecule is COC[C@H](C)Oc1cc(-c2cncs2)nc2ccc(N)cc12. The molecule has 22 heavy (non-hydrogen) atoms. The van der Waals surface area contributed by atoms with Crippen LogP contribution >= 0.6 is 11.3 Å². The smallest absolute Gasteiger partial charge is 0.131 e. The number of aromatic nitrogens is 2. The van der Waals surface area contributed by atoms with Crippen LogP contribution in [0, 0.1) is 0 Å². The first kappa shape index (κ1) is 14.7. The van der Waals surface area contributed by atoms with Crippen LogP contribution in [0.2, 0.25) is 0 Å².